The maximum Gasteiger partial charge on any atom is 0.490 e. The van der Waals surface area contributed by atoms with Crippen LogP contribution in [0.25, 0.3) is 0 Å². The Bertz CT molecular complexity index is 826. The Hall–Kier alpha value is -2.82. The number of alkyl halides is 5. The number of benzene rings is 2. The van der Waals surface area contributed by atoms with Crippen LogP contribution in [0.3, 0.4) is 0 Å². The normalized spacial score (nSPS) is 12.5. The Morgan fingerprint density at radius 2 is 1.57 bits per heavy atom. The summed E-state index contributed by atoms with van der Waals surface area (Å²) in [7, 11) is 0. The number of nitrogens with two attached hydrogens (primary N) is 1. The number of carbonyl (C=O) groups excluding carboxylic acids is 2. The number of halogens is 5. The third-order valence-electron chi connectivity index (χ3n) is 3.28. The van der Waals surface area contributed by atoms with Gasteiger partial charge in [-0.15, -0.1) is 0 Å². The third-order valence-corrected chi connectivity index (χ3v) is 4.00. The van der Waals surface area contributed by atoms with Gasteiger partial charge in [-0.05, 0) is 36.4 Å². The number of nitrogen functional groups attached to an aromatic ring is 1. The quantitative estimate of drug-likeness (QED) is 0.314. The van der Waals surface area contributed by atoms with Crippen LogP contribution in [-0.4, -0.2) is 23.8 Å². The van der Waals surface area contributed by atoms with Crippen LogP contribution in [-0.2, 0) is 14.3 Å². The molecule has 5 nitrogen and oxygen atoms in total. The number of nitrogens with one attached hydrogen (secondary N) is 1. The minimum Gasteiger partial charge on any atom is -0.441 e. The molecule has 0 saturated carbocycles. The van der Waals surface area contributed by atoms with Crippen molar-refractivity contribution in [1.29, 1.82) is 0 Å². The average molecular weight is 420 g/mol. The molecule has 0 aliphatic carbocycles. The highest BCUT2D eigenvalue weighted by Crippen LogP contribution is 2.28. The van der Waals surface area contributed by atoms with Crippen LogP contribution in [0.2, 0.25) is 0 Å². The predicted molar refractivity (Wildman–Crippen MR) is 92.7 cm³/mol. The van der Waals surface area contributed by atoms with Crippen LogP contribution in [0.5, 0.6) is 0 Å². The third kappa shape index (κ3) is 6.12. The number of carbonyl (C=O) groups is 2. The molecule has 0 saturated heterocycles. The molecule has 1 amide bonds. The molecule has 11 heteroatoms. The van der Waals surface area contributed by atoms with Crippen LogP contribution in [0.15, 0.2) is 53.4 Å². The van der Waals surface area contributed by atoms with Crippen molar-refractivity contribution in [2.24, 2.45) is 0 Å². The smallest absolute Gasteiger partial charge is 0.441 e. The second-order valence-corrected chi connectivity index (χ2v) is 6.41. The van der Waals surface area contributed by atoms with Crippen molar-refractivity contribution in [2.45, 2.75) is 22.9 Å². The Morgan fingerprint density at radius 3 is 2.07 bits per heavy atom. The van der Waals surface area contributed by atoms with Gasteiger partial charge in [-0.25, -0.2) is 4.79 Å². The lowest BCUT2D eigenvalue weighted by molar-refractivity contribution is -0.205. The van der Waals surface area contributed by atoms with Crippen LogP contribution >= 0.6 is 11.8 Å². The van der Waals surface area contributed by atoms with Gasteiger partial charge < -0.3 is 15.8 Å². The van der Waals surface area contributed by atoms with Crippen LogP contribution < -0.4 is 11.1 Å². The highest BCUT2D eigenvalue weighted by atomic mass is 32.2. The summed E-state index contributed by atoms with van der Waals surface area (Å²) in [5.74, 6) is -6.22. The lowest BCUT2D eigenvalue weighted by Crippen LogP contribution is -2.32. The van der Waals surface area contributed by atoms with Crippen molar-refractivity contribution >= 4 is 35.0 Å². The highest BCUT2D eigenvalue weighted by molar-refractivity contribution is 7.99. The molecule has 150 valence electrons. The van der Waals surface area contributed by atoms with E-state index in [1.807, 2.05) is 0 Å². The van der Waals surface area contributed by atoms with E-state index in [9.17, 15) is 31.5 Å². The topological polar surface area (TPSA) is 81.4 Å². The van der Waals surface area contributed by atoms with E-state index in [4.69, 9.17) is 5.73 Å². The van der Waals surface area contributed by atoms with E-state index >= 15 is 0 Å². The predicted octanol–water partition coefficient (Wildman–Crippen LogP) is 4.37. The molecule has 28 heavy (non-hydrogen) atoms. The number of anilines is 2. The van der Waals surface area contributed by atoms with Gasteiger partial charge in [-0.1, -0.05) is 23.9 Å². The molecule has 1 atom stereocenters. The Labute approximate surface area is 160 Å². The molecule has 0 aromatic heterocycles. The van der Waals surface area contributed by atoms with E-state index in [0.717, 1.165) is 0 Å². The van der Waals surface area contributed by atoms with Gasteiger partial charge in [0.1, 0.15) is 0 Å². The van der Waals surface area contributed by atoms with Gasteiger partial charge in [0.25, 0.3) is 11.7 Å². The molecule has 2 rings (SSSR count). The molecule has 0 aliphatic heterocycles. The van der Waals surface area contributed by atoms with Gasteiger partial charge in [0.05, 0.1) is 0 Å². The van der Waals surface area contributed by atoms with E-state index in [0.29, 0.717) is 0 Å². The molecule has 1 unspecified atom stereocenters. The monoisotopic (exact) mass is 420 g/mol. The molecule has 0 bridgehead atoms. The number of hydrogen-bond acceptors (Lipinski definition) is 5. The van der Waals surface area contributed by atoms with Crippen LogP contribution in [0, 0.1) is 0 Å². The molecule has 2 aromatic rings. The Balaban J connectivity index is 2.20. The fraction of sp³-hybridized carbons (Fsp3) is 0.176. The first-order valence-corrected chi connectivity index (χ1v) is 8.43. The lowest BCUT2D eigenvalue weighted by Gasteiger charge is -2.19. The van der Waals surface area contributed by atoms with Gasteiger partial charge in [-0.2, -0.15) is 22.0 Å². The fourth-order valence-corrected chi connectivity index (χ4v) is 2.54. The number of amides is 1. The van der Waals surface area contributed by atoms with Crippen molar-refractivity contribution in [3.05, 3.63) is 54.1 Å². The van der Waals surface area contributed by atoms with Gasteiger partial charge in [0.15, 0.2) is 0 Å². The maximum atomic E-state index is 12.5. The van der Waals surface area contributed by atoms with Gasteiger partial charge in [0, 0.05) is 21.8 Å². The fourth-order valence-electron chi connectivity index (χ4n) is 2.05. The molecule has 0 aliphatic rings. The molecule has 3 N–H and O–H groups in total. The van der Waals surface area contributed by atoms with Crippen molar-refractivity contribution in [1.82, 2.24) is 0 Å². The molecule has 0 heterocycles. The first kappa shape index (κ1) is 21.5. The first-order valence-electron chi connectivity index (χ1n) is 7.55. The average Bonchev–Trinajstić information content (AvgIpc) is 2.60. The summed E-state index contributed by atoms with van der Waals surface area (Å²) in [5.41, 5.74) is 5.88. The zero-order valence-electron chi connectivity index (χ0n) is 13.9. The summed E-state index contributed by atoms with van der Waals surface area (Å²) in [6, 6.07) is 10.3. The summed E-state index contributed by atoms with van der Waals surface area (Å²) >= 11 is 0.289. The number of esters is 1. The Morgan fingerprint density at radius 1 is 1.00 bits per heavy atom. The van der Waals surface area contributed by atoms with Crippen molar-refractivity contribution < 1.29 is 36.3 Å². The van der Waals surface area contributed by atoms with E-state index in [1.54, 1.807) is 0 Å². The zero-order chi connectivity index (χ0) is 20.9. The minimum absolute atomic E-state index is 0.0332. The van der Waals surface area contributed by atoms with E-state index in [-0.39, 0.29) is 33.6 Å². The summed E-state index contributed by atoms with van der Waals surface area (Å²) in [6.07, 6.45) is -7.19. The van der Waals surface area contributed by atoms with Gasteiger partial charge in [0.2, 0.25) is 6.10 Å². The van der Waals surface area contributed by atoms with Crippen molar-refractivity contribution in [3.8, 4) is 0 Å². The second kappa shape index (κ2) is 8.91. The van der Waals surface area contributed by atoms with E-state index < -0.39 is 29.9 Å². The molecule has 0 fully saturated rings. The molecular weight excluding hydrogens is 407 g/mol. The Kier molecular flexibility index (Phi) is 6.84. The standard InChI is InChI=1S/C17H13F5N2O3S/c18-16(19)28-12-7-5-11(6-8-12)24-14(25)13(27-15(26)17(20,21)22)9-1-3-10(23)4-2-9/h1-8,13,16H,23H2,(H,24,25). The van der Waals surface area contributed by atoms with Gasteiger partial charge in [-0.3, -0.25) is 4.79 Å². The number of thioether (sulfide) groups is 1. The van der Waals surface area contributed by atoms with Crippen molar-refractivity contribution in [2.75, 3.05) is 11.1 Å². The molecule has 0 radical (unpaired) electrons. The van der Waals surface area contributed by atoms with E-state index in [1.165, 1.54) is 48.5 Å². The highest BCUT2D eigenvalue weighted by Gasteiger charge is 2.43. The first-order chi connectivity index (χ1) is 13.1. The summed E-state index contributed by atoms with van der Waals surface area (Å²) in [6.45, 7) is 0. The summed E-state index contributed by atoms with van der Waals surface area (Å²) in [4.78, 5) is 23.8. The van der Waals surface area contributed by atoms with Crippen LogP contribution in [0.4, 0.5) is 33.3 Å². The SMILES string of the molecule is Nc1ccc(C(OC(=O)C(F)(F)F)C(=O)Nc2ccc(SC(F)F)cc2)cc1. The summed E-state index contributed by atoms with van der Waals surface area (Å²) < 4.78 is 66.6. The lowest BCUT2D eigenvalue weighted by atomic mass is 10.1. The molecule has 2 aromatic carbocycles. The maximum absolute atomic E-state index is 12.5. The van der Waals surface area contributed by atoms with Gasteiger partial charge >= 0.3 is 12.1 Å². The largest absolute Gasteiger partial charge is 0.490 e. The van der Waals surface area contributed by atoms with Crippen LogP contribution in [0.1, 0.15) is 11.7 Å². The number of hydrogen-bond donors (Lipinski definition) is 2. The van der Waals surface area contributed by atoms with E-state index in [2.05, 4.69) is 10.1 Å². The summed E-state index contributed by atoms with van der Waals surface area (Å²) in [5, 5.41) is 2.28. The number of ether oxygens (including phenoxy) is 1. The molecule has 0 spiro atoms. The number of rotatable bonds is 6. The minimum atomic E-state index is -5.29. The van der Waals surface area contributed by atoms with Crippen molar-refractivity contribution in [3.63, 3.8) is 0 Å². The zero-order valence-corrected chi connectivity index (χ0v) is 14.7. The second-order valence-electron chi connectivity index (χ2n) is 5.34. The molecular formula is C17H13F5N2O3S.